The van der Waals surface area contributed by atoms with Gasteiger partial charge in [0.15, 0.2) is 0 Å². The molecule has 0 aliphatic heterocycles. The molecule has 0 aromatic heterocycles. The van der Waals surface area contributed by atoms with E-state index in [1.807, 2.05) is 0 Å². The van der Waals surface area contributed by atoms with E-state index in [1.165, 1.54) is 22.3 Å². The van der Waals surface area contributed by atoms with Crippen LogP contribution in [0.3, 0.4) is 0 Å². The molecular formula is C19H25N. The Hall–Kier alpha value is -1.60. The van der Waals surface area contributed by atoms with Crippen LogP contribution in [0.25, 0.3) is 11.1 Å². The van der Waals surface area contributed by atoms with Crippen molar-refractivity contribution in [1.82, 2.24) is 4.90 Å². The third-order valence-electron chi connectivity index (χ3n) is 3.54. The molecule has 0 aliphatic rings. The second kappa shape index (κ2) is 5.80. The van der Waals surface area contributed by atoms with Gasteiger partial charge < -0.3 is 4.90 Å². The first kappa shape index (κ1) is 14.8. The molecule has 2 aromatic carbocycles. The molecular weight excluding hydrogens is 242 g/mol. The minimum absolute atomic E-state index is 0.216. The quantitative estimate of drug-likeness (QED) is 0.778. The van der Waals surface area contributed by atoms with Crippen molar-refractivity contribution in [2.45, 2.75) is 32.7 Å². The summed E-state index contributed by atoms with van der Waals surface area (Å²) in [5.74, 6) is 0. The summed E-state index contributed by atoms with van der Waals surface area (Å²) in [6, 6.07) is 17.8. The number of hydrogen-bond acceptors (Lipinski definition) is 1. The molecule has 0 unspecified atom stereocenters. The summed E-state index contributed by atoms with van der Waals surface area (Å²) in [4.78, 5) is 2.19. The van der Waals surface area contributed by atoms with Crippen LogP contribution in [0.1, 0.15) is 31.9 Å². The zero-order valence-electron chi connectivity index (χ0n) is 13.3. The molecule has 0 saturated carbocycles. The Morgan fingerprint density at radius 3 is 1.60 bits per heavy atom. The maximum absolute atomic E-state index is 2.25. The predicted molar refractivity (Wildman–Crippen MR) is 88.0 cm³/mol. The molecule has 0 amide bonds. The molecule has 106 valence electrons. The van der Waals surface area contributed by atoms with Crippen molar-refractivity contribution < 1.29 is 0 Å². The monoisotopic (exact) mass is 267 g/mol. The molecule has 0 fully saturated rings. The summed E-state index contributed by atoms with van der Waals surface area (Å²) in [6.07, 6.45) is 0. The van der Waals surface area contributed by atoms with Crippen LogP contribution in [0.15, 0.2) is 48.5 Å². The number of hydrogen-bond donors (Lipinski definition) is 0. The molecule has 0 spiro atoms. The maximum Gasteiger partial charge on any atom is 0.0227 e. The fourth-order valence-corrected chi connectivity index (χ4v) is 2.33. The maximum atomic E-state index is 2.25. The summed E-state index contributed by atoms with van der Waals surface area (Å²) in [5, 5.41) is 0. The van der Waals surface area contributed by atoms with Gasteiger partial charge in [0.1, 0.15) is 0 Å². The molecule has 2 aromatic rings. The topological polar surface area (TPSA) is 3.24 Å². The molecule has 1 heteroatoms. The van der Waals surface area contributed by atoms with Crippen molar-refractivity contribution in [1.29, 1.82) is 0 Å². The van der Waals surface area contributed by atoms with Gasteiger partial charge in [-0.1, -0.05) is 69.3 Å². The van der Waals surface area contributed by atoms with E-state index < -0.39 is 0 Å². The van der Waals surface area contributed by atoms with Gasteiger partial charge in [0.2, 0.25) is 0 Å². The number of benzene rings is 2. The Labute approximate surface area is 123 Å². The molecule has 1 nitrogen and oxygen atoms in total. The van der Waals surface area contributed by atoms with E-state index in [0.717, 1.165) is 6.54 Å². The molecule has 2 rings (SSSR count). The minimum Gasteiger partial charge on any atom is -0.305 e. The third-order valence-corrected chi connectivity index (χ3v) is 3.54. The highest BCUT2D eigenvalue weighted by atomic mass is 15.0. The number of rotatable bonds is 3. The third kappa shape index (κ3) is 3.71. The van der Waals surface area contributed by atoms with Crippen molar-refractivity contribution in [2.24, 2.45) is 0 Å². The highest BCUT2D eigenvalue weighted by molar-refractivity contribution is 5.64. The second-order valence-electron chi connectivity index (χ2n) is 6.76. The van der Waals surface area contributed by atoms with E-state index >= 15 is 0 Å². The van der Waals surface area contributed by atoms with Gasteiger partial charge in [-0.05, 0) is 41.8 Å². The fraction of sp³-hybridized carbons (Fsp3) is 0.368. The van der Waals surface area contributed by atoms with Crippen molar-refractivity contribution in [3.05, 3.63) is 59.7 Å². The lowest BCUT2D eigenvalue weighted by atomic mass is 9.86. The van der Waals surface area contributed by atoms with Crippen LogP contribution in [0.5, 0.6) is 0 Å². The molecule has 0 heterocycles. The Kier molecular flexibility index (Phi) is 4.29. The van der Waals surface area contributed by atoms with Crippen molar-refractivity contribution >= 4 is 0 Å². The smallest absolute Gasteiger partial charge is 0.0227 e. The van der Waals surface area contributed by atoms with Crippen LogP contribution in [0, 0.1) is 0 Å². The Morgan fingerprint density at radius 2 is 1.20 bits per heavy atom. The number of nitrogens with zero attached hydrogens (tertiary/aromatic N) is 1. The summed E-state index contributed by atoms with van der Waals surface area (Å²) < 4.78 is 0. The summed E-state index contributed by atoms with van der Waals surface area (Å²) >= 11 is 0. The van der Waals surface area contributed by atoms with Gasteiger partial charge in [0.25, 0.3) is 0 Å². The Morgan fingerprint density at radius 1 is 0.750 bits per heavy atom. The fourth-order valence-electron chi connectivity index (χ4n) is 2.33. The van der Waals surface area contributed by atoms with Crippen LogP contribution in [0.2, 0.25) is 0 Å². The van der Waals surface area contributed by atoms with E-state index in [4.69, 9.17) is 0 Å². The van der Waals surface area contributed by atoms with Gasteiger partial charge in [0.05, 0.1) is 0 Å². The second-order valence-corrected chi connectivity index (χ2v) is 6.76. The normalized spacial score (nSPS) is 11.9. The van der Waals surface area contributed by atoms with Crippen LogP contribution in [-0.4, -0.2) is 19.0 Å². The van der Waals surface area contributed by atoms with Crippen LogP contribution in [0.4, 0.5) is 0 Å². The Balaban J connectivity index is 2.19. The van der Waals surface area contributed by atoms with E-state index in [1.54, 1.807) is 0 Å². The van der Waals surface area contributed by atoms with Gasteiger partial charge in [-0.15, -0.1) is 0 Å². The van der Waals surface area contributed by atoms with Gasteiger partial charge in [-0.25, -0.2) is 0 Å². The zero-order valence-corrected chi connectivity index (χ0v) is 13.3. The van der Waals surface area contributed by atoms with Crippen LogP contribution in [-0.2, 0) is 12.0 Å². The molecule has 0 aliphatic carbocycles. The van der Waals surface area contributed by atoms with Gasteiger partial charge in [0, 0.05) is 6.54 Å². The first-order valence-corrected chi connectivity index (χ1v) is 7.21. The average Bonchev–Trinajstić information content (AvgIpc) is 2.38. The van der Waals surface area contributed by atoms with E-state index in [0.29, 0.717) is 0 Å². The average molecular weight is 267 g/mol. The van der Waals surface area contributed by atoms with Crippen LogP contribution < -0.4 is 0 Å². The summed E-state index contributed by atoms with van der Waals surface area (Å²) in [5.41, 5.74) is 5.52. The van der Waals surface area contributed by atoms with Crippen molar-refractivity contribution in [3.63, 3.8) is 0 Å². The molecule has 0 saturated heterocycles. The minimum atomic E-state index is 0.216. The highest BCUT2D eigenvalue weighted by Gasteiger charge is 2.12. The molecule has 0 bridgehead atoms. The zero-order chi connectivity index (χ0) is 14.8. The predicted octanol–water partition coefficient (Wildman–Crippen LogP) is 4.71. The van der Waals surface area contributed by atoms with Crippen molar-refractivity contribution in [2.75, 3.05) is 14.1 Å². The van der Waals surface area contributed by atoms with Crippen molar-refractivity contribution in [3.8, 4) is 11.1 Å². The van der Waals surface area contributed by atoms with Gasteiger partial charge >= 0.3 is 0 Å². The lowest BCUT2D eigenvalue weighted by Gasteiger charge is -2.19. The van der Waals surface area contributed by atoms with E-state index in [2.05, 4.69) is 88.3 Å². The van der Waals surface area contributed by atoms with E-state index in [9.17, 15) is 0 Å². The molecule has 0 atom stereocenters. The standard InChI is InChI=1S/C19H25N/c1-19(2,3)18-12-10-17(11-13-18)16-8-6-15(7-9-16)14-20(4)5/h6-13H,14H2,1-5H3. The first-order chi connectivity index (χ1) is 9.36. The first-order valence-electron chi connectivity index (χ1n) is 7.21. The van der Waals surface area contributed by atoms with Crippen LogP contribution >= 0.6 is 0 Å². The lowest BCUT2D eigenvalue weighted by Crippen LogP contribution is -2.10. The molecule has 0 radical (unpaired) electrons. The highest BCUT2D eigenvalue weighted by Crippen LogP contribution is 2.26. The van der Waals surface area contributed by atoms with E-state index in [-0.39, 0.29) is 5.41 Å². The SMILES string of the molecule is CN(C)Cc1ccc(-c2ccc(C(C)(C)C)cc2)cc1. The summed E-state index contributed by atoms with van der Waals surface area (Å²) in [6.45, 7) is 7.73. The molecule has 0 N–H and O–H groups in total. The summed E-state index contributed by atoms with van der Waals surface area (Å²) in [7, 11) is 4.19. The largest absolute Gasteiger partial charge is 0.305 e. The Bertz CT molecular complexity index is 542. The van der Waals surface area contributed by atoms with Gasteiger partial charge in [-0.3, -0.25) is 0 Å². The molecule has 20 heavy (non-hydrogen) atoms. The lowest BCUT2D eigenvalue weighted by molar-refractivity contribution is 0.402. The van der Waals surface area contributed by atoms with Gasteiger partial charge in [-0.2, -0.15) is 0 Å².